The summed E-state index contributed by atoms with van der Waals surface area (Å²) in [6, 6.07) is 11.3. The summed E-state index contributed by atoms with van der Waals surface area (Å²) in [6.07, 6.45) is 0.761. The van der Waals surface area contributed by atoms with Gasteiger partial charge in [0, 0.05) is 17.5 Å². The number of esters is 1. The Bertz CT molecular complexity index is 910. The van der Waals surface area contributed by atoms with Crippen molar-refractivity contribution in [2.24, 2.45) is 0 Å². The van der Waals surface area contributed by atoms with Crippen LogP contribution in [0.1, 0.15) is 27.1 Å². The Labute approximate surface area is 167 Å². The van der Waals surface area contributed by atoms with Gasteiger partial charge in [0.15, 0.2) is 23.9 Å². The lowest BCUT2D eigenvalue weighted by Gasteiger charge is -2.09. The smallest absolute Gasteiger partial charge is 0.325 e. The van der Waals surface area contributed by atoms with Crippen LogP contribution in [0.15, 0.2) is 42.5 Å². The first-order chi connectivity index (χ1) is 14.1. The van der Waals surface area contributed by atoms with Gasteiger partial charge in [-0.05, 0) is 36.4 Å². The van der Waals surface area contributed by atoms with Crippen molar-refractivity contribution in [1.29, 1.82) is 0 Å². The van der Waals surface area contributed by atoms with E-state index in [1.54, 1.807) is 42.5 Å². The highest BCUT2D eigenvalue weighted by Gasteiger charge is 2.16. The minimum Gasteiger partial charge on any atom is -0.497 e. The van der Waals surface area contributed by atoms with E-state index in [0.717, 1.165) is 6.42 Å². The number of methoxy groups -OCH3 is 1. The molecule has 0 spiro atoms. The van der Waals surface area contributed by atoms with Gasteiger partial charge in [-0.15, -0.1) is 0 Å². The van der Waals surface area contributed by atoms with Gasteiger partial charge in [-0.25, -0.2) is 0 Å². The van der Waals surface area contributed by atoms with Gasteiger partial charge in [-0.1, -0.05) is 6.07 Å². The molecule has 0 unspecified atom stereocenters. The fraction of sp³-hybridized carbons (Fsp3) is 0.286. The van der Waals surface area contributed by atoms with Crippen molar-refractivity contribution < 1.29 is 33.3 Å². The van der Waals surface area contributed by atoms with Crippen molar-refractivity contribution in [3.63, 3.8) is 0 Å². The predicted octanol–water partition coefficient (Wildman–Crippen LogP) is 2.01. The standard InChI is InChI=1S/C21H21NO7/c1-26-16-5-2-4-15(10-16)21(25)22-12-20(24)29-13-17(23)14-6-7-18-19(11-14)28-9-3-8-27-18/h2,4-7,10-11H,3,8-9,12-13H2,1H3,(H,22,25). The lowest BCUT2D eigenvalue weighted by atomic mass is 10.1. The maximum absolute atomic E-state index is 12.3. The van der Waals surface area contributed by atoms with Crippen LogP contribution < -0.4 is 19.5 Å². The third-order valence-corrected chi connectivity index (χ3v) is 4.16. The Morgan fingerprint density at radius 2 is 1.79 bits per heavy atom. The van der Waals surface area contributed by atoms with Crippen LogP contribution in [0.5, 0.6) is 17.2 Å². The summed E-state index contributed by atoms with van der Waals surface area (Å²) in [4.78, 5) is 36.2. The molecule has 0 atom stereocenters. The quantitative estimate of drug-likeness (QED) is 0.561. The number of Topliss-reactive ketones (excluding diaryl/α,β-unsaturated/α-hetero) is 1. The van der Waals surface area contributed by atoms with E-state index in [4.69, 9.17) is 18.9 Å². The molecule has 1 amide bonds. The van der Waals surface area contributed by atoms with Gasteiger partial charge >= 0.3 is 5.97 Å². The summed E-state index contributed by atoms with van der Waals surface area (Å²) >= 11 is 0. The van der Waals surface area contributed by atoms with E-state index in [1.807, 2.05) is 0 Å². The minimum absolute atomic E-state index is 0.348. The molecule has 1 N–H and O–H groups in total. The first kappa shape index (κ1) is 20.2. The number of nitrogens with one attached hydrogen (secondary N) is 1. The molecule has 152 valence electrons. The van der Waals surface area contributed by atoms with E-state index in [-0.39, 0.29) is 12.3 Å². The number of ether oxygens (including phenoxy) is 4. The largest absolute Gasteiger partial charge is 0.497 e. The summed E-state index contributed by atoms with van der Waals surface area (Å²) in [5.41, 5.74) is 0.697. The Kier molecular flexibility index (Phi) is 6.67. The highest BCUT2D eigenvalue weighted by molar-refractivity contribution is 5.99. The zero-order valence-electron chi connectivity index (χ0n) is 15.9. The van der Waals surface area contributed by atoms with Crippen LogP contribution in [0.2, 0.25) is 0 Å². The van der Waals surface area contributed by atoms with E-state index in [1.165, 1.54) is 7.11 Å². The number of carbonyl (C=O) groups is 3. The van der Waals surface area contributed by atoms with Crippen LogP contribution in [0.3, 0.4) is 0 Å². The molecule has 0 aromatic heterocycles. The number of rotatable bonds is 7. The molecule has 0 bridgehead atoms. The molecule has 1 aliphatic heterocycles. The molecule has 2 aromatic carbocycles. The third kappa shape index (κ3) is 5.47. The second-order valence-electron chi connectivity index (χ2n) is 6.21. The van der Waals surface area contributed by atoms with Gasteiger partial charge in [0.1, 0.15) is 12.3 Å². The number of amides is 1. The Hall–Kier alpha value is -3.55. The van der Waals surface area contributed by atoms with Crippen molar-refractivity contribution >= 4 is 17.7 Å². The zero-order chi connectivity index (χ0) is 20.6. The first-order valence-corrected chi connectivity index (χ1v) is 9.07. The molecule has 0 aliphatic carbocycles. The lowest BCUT2D eigenvalue weighted by molar-refractivity contribution is -0.141. The van der Waals surface area contributed by atoms with Crippen molar-refractivity contribution in [1.82, 2.24) is 5.32 Å². The Balaban J connectivity index is 1.48. The average molecular weight is 399 g/mol. The van der Waals surface area contributed by atoms with Crippen LogP contribution in [0.25, 0.3) is 0 Å². The molecule has 2 aromatic rings. The number of hydrogen-bond donors (Lipinski definition) is 1. The minimum atomic E-state index is -0.719. The summed E-state index contributed by atoms with van der Waals surface area (Å²) in [5.74, 6) is 0.0506. The summed E-state index contributed by atoms with van der Waals surface area (Å²) in [5, 5.41) is 2.44. The molecular weight excluding hydrogens is 378 g/mol. The Morgan fingerprint density at radius 3 is 2.59 bits per heavy atom. The molecule has 0 saturated heterocycles. The second-order valence-corrected chi connectivity index (χ2v) is 6.21. The van der Waals surface area contributed by atoms with Crippen LogP contribution in [-0.4, -0.2) is 51.1 Å². The van der Waals surface area contributed by atoms with Gasteiger partial charge in [0.05, 0.1) is 20.3 Å². The van der Waals surface area contributed by atoms with Crippen LogP contribution >= 0.6 is 0 Å². The van der Waals surface area contributed by atoms with Crippen molar-refractivity contribution in [2.75, 3.05) is 33.5 Å². The van der Waals surface area contributed by atoms with E-state index < -0.39 is 18.5 Å². The summed E-state index contributed by atoms with van der Waals surface area (Å²) < 4.78 is 21.1. The predicted molar refractivity (Wildman–Crippen MR) is 103 cm³/mol. The molecule has 29 heavy (non-hydrogen) atoms. The number of fused-ring (bicyclic) bond motifs is 1. The molecule has 0 radical (unpaired) electrons. The maximum atomic E-state index is 12.3. The zero-order valence-corrected chi connectivity index (χ0v) is 15.9. The summed E-state index contributed by atoms with van der Waals surface area (Å²) in [6.45, 7) is 0.268. The van der Waals surface area contributed by atoms with Gasteiger partial charge in [-0.2, -0.15) is 0 Å². The molecule has 3 rings (SSSR count). The molecule has 8 nitrogen and oxygen atoms in total. The van der Waals surface area contributed by atoms with E-state index in [0.29, 0.717) is 41.6 Å². The van der Waals surface area contributed by atoms with Gasteiger partial charge in [0.25, 0.3) is 5.91 Å². The van der Waals surface area contributed by atoms with Gasteiger partial charge in [-0.3, -0.25) is 14.4 Å². The fourth-order valence-electron chi connectivity index (χ4n) is 2.64. The monoisotopic (exact) mass is 399 g/mol. The molecule has 0 saturated carbocycles. The topological polar surface area (TPSA) is 100 Å². The molecule has 8 heteroatoms. The highest BCUT2D eigenvalue weighted by Crippen LogP contribution is 2.30. The van der Waals surface area contributed by atoms with Crippen LogP contribution in [0.4, 0.5) is 0 Å². The number of ketones is 1. The molecule has 0 fully saturated rings. The number of carbonyl (C=O) groups excluding carboxylic acids is 3. The van der Waals surface area contributed by atoms with Crippen molar-refractivity contribution in [3.05, 3.63) is 53.6 Å². The van der Waals surface area contributed by atoms with Crippen molar-refractivity contribution in [3.8, 4) is 17.2 Å². The molecule has 1 heterocycles. The van der Waals surface area contributed by atoms with E-state index >= 15 is 0 Å². The second kappa shape index (κ2) is 9.59. The maximum Gasteiger partial charge on any atom is 0.325 e. The molecular formula is C21H21NO7. The van der Waals surface area contributed by atoms with Crippen LogP contribution in [-0.2, 0) is 9.53 Å². The average Bonchev–Trinajstić information content (AvgIpc) is 3.00. The number of hydrogen-bond acceptors (Lipinski definition) is 7. The fourth-order valence-corrected chi connectivity index (χ4v) is 2.64. The van der Waals surface area contributed by atoms with Gasteiger partial charge < -0.3 is 24.3 Å². The highest BCUT2D eigenvalue weighted by atomic mass is 16.5. The SMILES string of the molecule is COc1cccc(C(=O)NCC(=O)OCC(=O)c2ccc3c(c2)OCCCO3)c1. The normalized spacial score (nSPS) is 12.4. The van der Waals surface area contributed by atoms with Crippen LogP contribution in [0, 0.1) is 0 Å². The van der Waals surface area contributed by atoms with E-state index in [2.05, 4.69) is 5.32 Å². The third-order valence-electron chi connectivity index (χ3n) is 4.16. The molecule has 1 aliphatic rings. The summed E-state index contributed by atoms with van der Waals surface area (Å²) in [7, 11) is 1.49. The van der Waals surface area contributed by atoms with Gasteiger partial charge in [0.2, 0.25) is 0 Å². The lowest BCUT2D eigenvalue weighted by Crippen LogP contribution is -2.31. The van der Waals surface area contributed by atoms with Crippen molar-refractivity contribution in [2.45, 2.75) is 6.42 Å². The Morgan fingerprint density at radius 1 is 1.00 bits per heavy atom. The first-order valence-electron chi connectivity index (χ1n) is 9.07. The van der Waals surface area contributed by atoms with E-state index in [9.17, 15) is 14.4 Å². The number of benzene rings is 2.